The number of aromatic nitrogens is 3. The van der Waals surface area contributed by atoms with E-state index in [-0.39, 0.29) is 0 Å². The molecular weight excluding hydrogens is 138 g/mol. The Morgan fingerprint density at radius 2 is 2.09 bits per heavy atom. The van der Waals surface area contributed by atoms with Crippen molar-refractivity contribution in [3.05, 3.63) is 12.2 Å². The largest absolute Gasteiger partial charge is 0.320 e. The van der Waals surface area contributed by atoms with Crippen molar-refractivity contribution in [2.24, 2.45) is 7.05 Å². The number of hydrogen-bond donors (Lipinski definition) is 0. The zero-order valence-electron chi connectivity index (χ0n) is 7.41. The van der Waals surface area contributed by atoms with Gasteiger partial charge in [0.25, 0.3) is 0 Å². The lowest BCUT2D eigenvalue weighted by molar-refractivity contribution is 0.576. The second-order valence-electron chi connectivity index (χ2n) is 2.81. The van der Waals surface area contributed by atoms with Gasteiger partial charge in [0.1, 0.15) is 12.2 Å². The van der Waals surface area contributed by atoms with Crippen LogP contribution >= 0.6 is 0 Å². The van der Waals surface area contributed by atoms with Crippen molar-refractivity contribution in [1.29, 1.82) is 0 Å². The van der Waals surface area contributed by atoms with E-state index in [0.29, 0.717) is 5.92 Å². The Bertz CT molecular complexity index is 213. The Labute approximate surface area is 67.4 Å². The van der Waals surface area contributed by atoms with E-state index in [1.807, 2.05) is 11.6 Å². The molecule has 11 heavy (non-hydrogen) atoms. The molecule has 0 aromatic carbocycles. The zero-order valence-corrected chi connectivity index (χ0v) is 7.41. The van der Waals surface area contributed by atoms with Crippen LogP contribution in [-0.4, -0.2) is 14.8 Å². The van der Waals surface area contributed by atoms with Crippen LogP contribution in [0.4, 0.5) is 0 Å². The molecule has 0 fully saturated rings. The lowest BCUT2D eigenvalue weighted by atomic mass is 10.0. The summed E-state index contributed by atoms with van der Waals surface area (Å²) in [7, 11) is 1.99. The second kappa shape index (κ2) is 3.51. The molecule has 0 aliphatic rings. The Morgan fingerprint density at radius 3 is 2.45 bits per heavy atom. The van der Waals surface area contributed by atoms with E-state index in [4.69, 9.17) is 0 Å². The molecule has 0 bridgehead atoms. The molecule has 0 N–H and O–H groups in total. The fourth-order valence-corrected chi connectivity index (χ4v) is 1.32. The van der Waals surface area contributed by atoms with Crippen molar-refractivity contribution in [2.75, 3.05) is 0 Å². The maximum Gasteiger partial charge on any atom is 0.135 e. The van der Waals surface area contributed by atoms with Gasteiger partial charge in [-0.3, -0.25) is 0 Å². The summed E-state index contributed by atoms with van der Waals surface area (Å²) in [4.78, 5) is 0. The summed E-state index contributed by atoms with van der Waals surface area (Å²) in [6.45, 7) is 4.37. The minimum Gasteiger partial charge on any atom is -0.320 e. The highest BCUT2D eigenvalue weighted by Gasteiger charge is 2.11. The molecule has 62 valence electrons. The van der Waals surface area contributed by atoms with Crippen LogP contribution in [0.5, 0.6) is 0 Å². The van der Waals surface area contributed by atoms with E-state index in [1.165, 1.54) is 0 Å². The lowest BCUT2D eigenvalue weighted by Gasteiger charge is -2.09. The summed E-state index contributed by atoms with van der Waals surface area (Å²) < 4.78 is 2.00. The van der Waals surface area contributed by atoms with Crippen LogP contribution in [0.1, 0.15) is 38.4 Å². The molecule has 0 unspecified atom stereocenters. The monoisotopic (exact) mass is 153 g/mol. The Kier molecular flexibility index (Phi) is 2.63. The van der Waals surface area contributed by atoms with Gasteiger partial charge in [0.2, 0.25) is 0 Å². The van der Waals surface area contributed by atoms with Crippen LogP contribution in [0.25, 0.3) is 0 Å². The normalized spacial score (nSPS) is 10.9. The summed E-state index contributed by atoms with van der Waals surface area (Å²) in [6, 6.07) is 0. The van der Waals surface area contributed by atoms with Crippen LogP contribution < -0.4 is 0 Å². The van der Waals surface area contributed by atoms with Gasteiger partial charge in [0.15, 0.2) is 0 Å². The minimum atomic E-state index is 0.572. The highest BCUT2D eigenvalue weighted by Crippen LogP contribution is 2.19. The maximum absolute atomic E-state index is 4.07. The first kappa shape index (κ1) is 8.24. The van der Waals surface area contributed by atoms with Gasteiger partial charge in [0.05, 0.1) is 0 Å². The van der Waals surface area contributed by atoms with Gasteiger partial charge in [-0.1, -0.05) is 13.8 Å². The first-order valence-corrected chi connectivity index (χ1v) is 4.13. The average Bonchev–Trinajstić information content (AvgIpc) is 2.40. The van der Waals surface area contributed by atoms with E-state index < -0.39 is 0 Å². The van der Waals surface area contributed by atoms with Crippen molar-refractivity contribution < 1.29 is 0 Å². The topological polar surface area (TPSA) is 30.7 Å². The van der Waals surface area contributed by atoms with E-state index >= 15 is 0 Å². The first-order chi connectivity index (χ1) is 5.29. The third-order valence-corrected chi connectivity index (χ3v) is 2.10. The van der Waals surface area contributed by atoms with Crippen molar-refractivity contribution >= 4 is 0 Å². The van der Waals surface area contributed by atoms with E-state index in [9.17, 15) is 0 Å². The Morgan fingerprint density at radius 1 is 1.45 bits per heavy atom. The molecule has 0 spiro atoms. The molecule has 1 heterocycles. The average molecular weight is 153 g/mol. The number of hydrogen-bond acceptors (Lipinski definition) is 2. The second-order valence-corrected chi connectivity index (χ2v) is 2.81. The van der Waals surface area contributed by atoms with Crippen LogP contribution in [0.2, 0.25) is 0 Å². The third-order valence-electron chi connectivity index (χ3n) is 2.10. The van der Waals surface area contributed by atoms with Crippen LogP contribution in [0, 0.1) is 0 Å². The molecule has 0 aliphatic carbocycles. The van der Waals surface area contributed by atoms with Gasteiger partial charge >= 0.3 is 0 Å². The molecule has 0 aliphatic heterocycles. The summed E-state index contributed by atoms with van der Waals surface area (Å²) in [6.07, 6.45) is 4.04. The summed E-state index contributed by atoms with van der Waals surface area (Å²) >= 11 is 0. The SMILES string of the molecule is CCC(CC)c1nncn1C. The van der Waals surface area contributed by atoms with Gasteiger partial charge in [-0.15, -0.1) is 10.2 Å². The predicted molar refractivity (Wildman–Crippen MR) is 44.3 cm³/mol. The maximum atomic E-state index is 4.07. The van der Waals surface area contributed by atoms with Crippen molar-refractivity contribution in [3.8, 4) is 0 Å². The molecular formula is C8H15N3. The van der Waals surface area contributed by atoms with Crippen LogP contribution in [0.15, 0.2) is 6.33 Å². The smallest absolute Gasteiger partial charge is 0.135 e. The Balaban J connectivity index is 2.81. The lowest BCUT2D eigenvalue weighted by Crippen LogP contribution is -2.03. The van der Waals surface area contributed by atoms with E-state index in [1.54, 1.807) is 6.33 Å². The van der Waals surface area contributed by atoms with Crippen molar-refractivity contribution in [1.82, 2.24) is 14.8 Å². The third kappa shape index (κ3) is 1.59. The standard InChI is InChI=1S/C8H15N3/c1-4-7(5-2)8-10-9-6-11(8)3/h6-7H,4-5H2,1-3H3. The van der Waals surface area contributed by atoms with Gasteiger partial charge in [-0.25, -0.2) is 0 Å². The minimum absolute atomic E-state index is 0.572. The molecule has 0 atom stereocenters. The van der Waals surface area contributed by atoms with Crippen LogP contribution in [-0.2, 0) is 7.05 Å². The summed E-state index contributed by atoms with van der Waals surface area (Å²) in [5, 5.41) is 7.92. The van der Waals surface area contributed by atoms with Gasteiger partial charge in [-0.2, -0.15) is 0 Å². The molecule has 0 saturated carbocycles. The van der Waals surface area contributed by atoms with Crippen molar-refractivity contribution in [3.63, 3.8) is 0 Å². The molecule has 3 nitrogen and oxygen atoms in total. The zero-order chi connectivity index (χ0) is 8.27. The quantitative estimate of drug-likeness (QED) is 0.662. The number of rotatable bonds is 3. The van der Waals surface area contributed by atoms with Gasteiger partial charge in [0, 0.05) is 13.0 Å². The number of aryl methyl sites for hydroxylation is 1. The Hall–Kier alpha value is -0.860. The molecule has 1 aromatic heterocycles. The fraction of sp³-hybridized carbons (Fsp3) is 0.750. The molecule has 3 heteroatoms. The van der Waals surface area contributed by atoms with E-state index in [0.717, 1.165) is 18.7 Å². The van der Waals surface area contributed by atoms with Crippen molar-refractivity contribution in [2.45, 2.75) is 32.6 Å². The highest BCUT2D eigenvalue weighted by molar-refractivity contribution is 4.94. The van der Waals surface area contributed by atoms with Gasteiger partial charge < -0.3 is 4.57 Å². The highest BCUT2D eigenvalue weighted by atomic mass is 15.2. The van der Waals surface area contributed by atoms with Gasteiger partial charge in [-0.05, 0) is 12.8 Å². The van der Waals surface area contributed by atoms with Crippen LogP contribution in [0.3, 0.4) is 0 Å². The summed E-state index contributed by atoms with van der Waals surface area (Å²) in [5.41, 5.74) is 0. The molecule has 0 amide bonds. The molecule has 0 saturated heterocycles. The molecule has 1 rings (SSSR count). The fourth-order valence-electron chi connectivity index (χ4n) is 1.32. The molecule has 1 aromatic rings. The number of nitrogens with zero attached hydrogens (tertiary/aromatic N) is 3. The summed E-state index contributed by atoms with van der Waals surface area (Å²) in [5.74, 6) is 1.68. The van der Waals surface area contributed by atoms with E-state index in [2.05, 4.69) is 24.0 Å². The molecule has 0 radical (unpaired) electrons. The predicted octanol–water partition coefficient (Wildman–Crippen LogP) is 1.72. The first-order valence-electron chi connectivity index (χ1n) is 4.13.